The highest BCUT2D eigenvalue weighted by Gasteiger charge is 2.83. The maximum absolute atomic E-state index is 12.2. The zero-order chi connectivity index (χ0) is 29.4. The molecule has 39 heavy (non-hydrogen) atoms. The molecule has 4 nitrogen and oxygen atoms in total. The number of benzene rings is 3. The van der Waals surface area contributed by atoms with Gasteiger partial charge in [-0.25, -0.2) is 8.42 Å². The van der Waals surface area contributed by atoms with Crippen LogP contribution in [0.3, 0.4) is 0 Å². The molecule has 212 valence electrons. The Morgan fingerprint density at radius 3 is 1.51 bits per heavy atom. The van der Waals surface area contributed by atoms with E-state index in [4.69, 9.17) is 5.11 Å². The van der Waals surface area contributed by atoms with Crippen molar-refractivity contribution in [1.29, 1.82) is 0 Å². The van der Waals surface area contributed by atoms with E-state index < -0.39 is 33.4 Å². The number of halogens is 9. The lowest BCUT2D eigenvalue weighted by Crippen LogP contribution is -2.63. The lowest BCUT2D eigenvalue weighted by Gasteiger charge is -2.34. The Balaban J connectivity index is 0.000000225. The first-order chi connectivity index (χ1) is 17.9. The summed E-state index contributed by atoms with van der Waals surface area (Å²) in [4.78, 5) is 1.35. The van der Waals surface area contributed by atoms with Gasteiger partial charge in [0.1, 0.15) is 0 Å². The molecule has 0 aliphatic carbocycles. The molecule has 4 aromatic rings. The first-order valence-corrected chi connectivity index (χ1v) is 13.3. The van der Waals surface area contributed by atoms with Gasteiger partial charge in [0.15, 0.2) is 24.4 Å². The topological polar surface area (TPSA) is 77.4 Å². The zero-order valence-electron chi connectivity index (χ0n) is 19.2. The molecule has 0 spiro atoms. The van der Waals surface area contributed by atoms with E-state index in [9.17, 15) is 52.5 Å². The summed E-state index contributed by atoms with van der Waals surface area (Å²) in [6.07, 6.45) is -6.44. The third kappa shape index (κ3) is 5.44. The molecule has 15 heteroatoms. The largest absolute Gasteiger partial charge is 0.743 e. The summed E-state index contributed by atoms with van der Waals surface area (Å²) in [5.74, 6) is -14.8. The fraction of sp³-hybridized carbons (Fsp3) is 0.250. The number of rotatable bonds is 6. The monoisotopic (exact) mass is 604 g/mol. The molecular weight excluding hydrogens is 587 g/mol. The van der Waals surface area contributed by atoms with E-state index in [0.717, 1.165) is 6.42 Å². The fourth-order valence-corrected chi connectivity index (χ4v) is 6.37. The number of alkyl halides is 9. The van der Waals surface area contributed by atoms with Crippen LogP contribution in [0.4, 0.5) is 39.5 Å². The smallest absolute Gasteiger partial charge is 0.460 e. The van der Waals surface area contributed by atoms with Crippen LogP contribution < -0.4 is 0 Å². The summed E-state index contributed by atoms with van der Waals surface area (Å²) in [7, 11) is -7.43. The molecule has 0 aliphatic heterocycles. The van der Waals surface area contributed by atoms with Crippen LogP contribution in [-0.2, 0) is 16.5 Å². The summed E-state index contributed by atoms with van der Waals surface area (Å²) in [6, 6.07) is 26.2. The van der Waals surface area contributed by atoms with Crippen molar-refractivity contribution in [2.45, 2.75) is 29.7 Å². The second kappa shape index (κ2) is 10.6. The third-order valence-corrected chi connectivity index (χ3v) is 8.71. The molecule has 1 aromatic heterocycles. The van der Waals surface area contributed by atoms with Gasteiger partial charge in [-0.15, -0.1) is 0 Å². The van der Waals surface area contributed by atoms with Crippen LogP contribution in [0.25, 0.3) is 25.1 Å². The lowest BCUT2D eigenvalue weighted by atomic mass is 10.1. The van der Waals surface area contributed by atoms with Crippen molar-refractivity contribution in [3.05, 3.63) is 78.4 Å². The van der Waals surface area contributed by atoms with Gasteiger partial charge in [0.05, 0.1) is 0 Å². The third-order valence-electron chi connectivity index (χ3n) is 5.49. The van der Waals surface area contributed by atoms with Crippen LogP contribution in [0.5, 0.6) is 0 Å². The highest BCUT2D eigenvalue weighted by molar-refractivity contribution is 7.86. The number of thiophene rings is 1. The van der Waals surface area contributed by atoms with Crippen LogP contribution >= 0.6 is 10.5 Å². The Morgan fingerprint density at radius 2 is 1.13 bits per heavy atom. The summed E-state index contributed by atoms with van der Waals surface area (Å²) >= 11 is 0. The van der Waals surface area contributed by atoms with Crippen LogP contribution in [-0.4, -0.2) is 48.0 Å². The van der Waals surface area contributed by atoms with Gasteiger partial charge >= 0.3 is 23.3 Å². The van der Waals surface area contributed by atoms with Crippen LogP contribution in [0.2, 0.25) is 0 Å². The van der Waals surface area contributed by atoms with Gasteiger partial charge in [-0.1, -0.05) is 36.4 Å². The first kappa shape index (κ1) is 30.7. The van der Waals surface area contributed by atoms with E-state index in [1.54, 1.807) is 0 Å². The Hall–Kier alpha value is -2.88. The van der Waals surface area contributed by atoms with Crippen molar-refractivity contribution in [2.75, 3.05) is 6.61 Å². The molecule has 1 heterocycles. The number of aliphatic hydroxyl groups excluding tert-OH is 1. The Kier molecular flexibility index (Phi) is 8.33. The van der Waals surface area contributed by atoms with E-state index in [1.165, 1.54) is 30.6 Å². The van der Waals surface area contributed by atoms with Crippen molar-refractivity contribution in [3.63, 3.8) is 0 Å². The molecule has 3 aromatic carbocycles. The van der Waals surface area contributed by atoms with Gasteiger partial charge in [0, 0.05) is 27.8 Å². The highest BCUT2D eigenvalue weighted by atomic mass is 32.2. The molecule has 0 saturated heterocycles. The Bertz CT molecular complexity index is 1510. The lowest BCUT2D eigenvalue weighted by molar-refractivity contribution is -0.382. The van der Waals surface area contributed by atoms with Crippen LogP contribution in [0.1, 0.15) is 5.56 Å². The van der Waals surface area contributed by atoms with Crippen molar-refractivity contribution in [2.24, 2.45) is 0 Å². The molecule has 0 unspecified atom stereocenters. The Labute approximate surface area is 218 Å². The maximum atomic E-state index is 12.2. The van der Waals surface area contributed by atoms with E-state index in [-0.39, 0.29) is 17.1 Å². The van der Waals surface area contributed by atoms with Crippen LogP contribution in [0, 0.1) is 0 Å². The first-order valence-electron chi connectivity index (χ1n) is 10.7. The number of hydrogen-bond acceptors (Lipinski definition) is 4. The van der Waals surface area contributed by atoms with E-state index in [1.807, 2.05) is 0 Å². The SMILES string of the molecule is O=S(=O)([O-])C(F)(F)C(F)(F)C(F)(F)C(F)(F)F.OCCc1ccc(-[s+]2c3ccccc3c3ccccc32)cc1. The highest BCUT2D eigenvalue weighted by Crippen LogP contribution is 2.54. The minimum atomic E-state index is -7.43. The number of hydrogen-bond donors (Lipinski definition) is 1. The normalized spacial score (nSPS) is 13.4. The molecule has 0 radical (unpaired) electrons. The molecule has 0 saturated carbocycles. The molecule has 0 amide bonds. The molecule has 0 fully saturated rings. The van der Waals surface area contributed by atoms with Crippen LogP contribution in [0.15, 0.2) is 72.8 Å². The molecular formula is C24H17F9O4S2. The number of aliphatic hydroxyl groups is 1. The summed E-state index contributed by atoms with van der Waals surface area (Å²) in [5, 5.41) is 4.67. The quantitative estimate of drug-likeness (QED) is 0.143. The standard InChI is InChI=1S/C20H17OS.C4HF9O3S/c21-14-13-15-9-11-16(12-10-15)22-19-7-3-1-5-17(19)18-6-2-4-8-20(18)22;5-1(6,3(9,10)11)2(7,8)4(12,13)17(14,15)16/h1-12,21H,13-14H2;(H,14,15,16)/q+1;/p-1. The van der Waals surface area contributed by atoms with E-state index in [0.29, 0.717) is 0 Å². The van der Waals surface area contributed by atoms with Gasteiger partial charge in [-0.2, -0.15) is 39.5 Å². The molecule has 0 aliphatic rings. The van der Waals surface area contributed by atoms with E-state index >= 15 is 0 Å². The van der Waals surface area contributed by atoms with Crippen molar-refractivity contribution in [1.82, 2.24) is 0 Å². The predicted molar refractivity (Wildman–Crippen MR) is 127 cm³/mol. The maximum Gasteiger partial charge on any atom is 0.460 e. The molecule has 4 rings (SSSR count). The minimum absolute atomic E-state index is 0.0153. The van der Waals surface area contributed by atoms with Gasteiger partial charge < -0.3 is 9.66 Å². The second-order valence-electron chi connectivity index (χ2n) is 8.03. The van der Waals surface area contributed by atoms with Gasteiger partial charge in [0.2, 0.25) is 0 Å². The molecule has 0 bridgehead atoms. The van der Waals surface area contributed by atoms with Crippen molar-refractivity contribution >= 4 is 40.8 Å². The second-order valence-corrected chi connectivity index (χ2v) is 11.4. The summed E-state index contributed by atoms with van der Waals surface area (Å²) < 4.78 is 138. The Morgan fingerprint density at radius 1 is 0.692 bits per heavy atom. The van der Waals surface area contributed by atoms with Gasteiger partial charge in [-0.3, -0.25) is 0 Å². The number of fused-ring (bicyclic) bond motifs is 3. The molecule has 0 atom stereocenters. The molecule has 1 N–H and O–H groups in total. The summed E-state index contributed by atoms with van der Waals surface area (Å²) in [5.41, 5.74) is 1.19. The minimum Gasteiger partial charge on any atom is -0.743 e. The predicted octanol–water partition coefficient (Wildman–Crippen LogP) is 7.22. The van der Waals surface area contributed by atoms with Gasteiger partial charge in [-0.05, 0) is 48.4 Å². The van der Waals surface area contributed by atoms with Crippen molar-refractivity contribution < 1.29 is 57.6 Å². The fourth-order valence-electron chi connectivity index (χ4n) is 3.55. The summed E-state index contributed by atoms with van der Waals surface area (Å²) in [6.45, 7) is 0.205. The van der Waals surface area contributed by atoms with E-state index in [2.05, 4.69) is 72.8 Å². The zero-order valence-corrected chi connectivity index (χ0v) is 20.9. The average Bonchev–Trinajstić information content (AvgIpc) is 3.18. The van der Waals surface area contributed by atoms with Crippen molar-refractivity contribution in [3.8, 4) is 4.90 Å². The average molecular weight is 605 g/mol. The van der Waals surface area contributed by atoms with Gasteiger partial charge in [0.25, 0.3) is 0 Å².